The van der Waals surface area contributed by atoms with Crippen LogP contribution in [0.25, 0.3) is 44.4 Å². The van der Waals surface area contributed by atoms with Crippen molar-refractivity contribution < 1.29 is 7.27 Å². The highest BCUT2D eigenvalue weighted by Gasteiger charge is 2.17. The van der Waals surface area contributed by atoms with Crippen LogP contribution in [0.1, 0.15) is 2.85 Å². The summed E-state index contributed by atoms with van der Waals surface area (Å²) in [7, 11) is 0. The second kappa shape index (κ2) is 6.30. The molecule has 0 bridgehead atoms. The van der Waals surface area contributed by atoms with Crippen molar-refractivity contribution in [2.45, 2.75) is 0 Å². The lowest BCUT2D eigenvalue weighted by Crippen LogP contribution is -1.99. The topological polar surface area (TPSA) is 90.7 Å². The van der Waals surface area contributed by atoms with E-state index >= 15 is 0 Å². The summed E-state index contributed by atoms with van der Waals surface area (Å²) in [6.07, 6.45) is 1.67. The van der Waals surface area contributed by atoms with Crippen molar-refractivity contribution >= 4 is 27.2 Å². The standard InChI is InChI=1S/C20H13N5OS.2H2/c21-18-16(20-25-24-19(26-20)13-5-2-1-3-6-13)23-15(11-22-18)14-8-4-7-12-9-10-27-17(12)14;;/h1-11H,(H2,21,22);2*1H. The van der Waals surface area contributed by atoms with Crippen molar-refractivity contribution in [1.82, 2.24) is 20.2 Å². The van der Waals surface area contributed by atoms with Crippen molar-refractivity contribution in [2.24, 2.45) is 0 Å². The highest BCUT2D eigenvalue weighted by atomic mass is 32.1. The van der Waals surface area contributed by atoms with E-state index in [4.69, 9.17) is 10.2 Å². The Morgan fingerprint density at radius 1 is 0.926 bits per heavy atom. The zero-order valence-electron chi connectivity index (χ0n) is 14.0. The van der Waals surface area contributed by atoms with Gasteiger partial charge < -0.3 is 10.2 Å². The van der Waals surface area contributed by atoms with E-state index in [0.29, 0.717) is 17.3 Å². The van der Waals surface area contributed by atoms with Gasteiger partial charge in [-0.05, 0) is 29.0 Å². The van der Waals surface area contributed by atoms with Gasteiger partial charge in [0.05, 0.1) is 11.9 Å². The van der Waals surface area contributed by atoms with E-state index in [1.807, 2.05) is 42.5 Å². The minimum Gasteiger partial charge on any atom is -0.414 e. The molecule has 0 aliphatic carbocycles. The molecule has 0 unspecified atom stereocenters. The molecule has 0 atom stereocenters. The molecule has 5 rings (SSSR count). The van der Waals surface area contributed by atoms with Crippen molar-refractivity contribution in [3.8, 4) is 34.3 Å². The number of hydrogen-bond donors (Lipinski definition) is 1. The van der Waals surface area contributed by atoms with Crippen LogP contribution in [0.2, 0.25) is 0 Å². The predicted octanol–water partition coefficient (Wildman–Crippen LogP) is 5.15. The van der Waals surface area contributed by atoms with Crippen LogP contribution in [0.4, 0.5) is 5.82 Å². The zero-order valence-corrected chi connectivity index (χ0v) is 14.9. The number of hydrogen-bond acceptors (Lipinski definition) is 7. The summed E-state index contributed by atoms with van der Waals surface area (Å²) >= 11 is 1.67. The Morgan fingerprint density at radius 3 is 2.67 bits per heavy atom. The second-order valence-electron chi connectivity index (χ2n) is 5.91. The van der Waals surface area contributed by atoms with Crippen LogP contribution in [0.3, 0.4) is 0 Å². The van der Waals surface area contributed by atoms with Gasteiger partial charge in [-0.3, -0.25) is 0 Å². The van der Waals surface area contributed by atoms with Crippen LogP contribution in [0.15, 0.2) is 70.6 Å². The fourth-order valence-corrected chi connectivity index (χ4v) is 3.82. The average Bonchev–Trinajstić information content (AvgIpc) is 3.38. The van der Waals surface area contributed by atoms with E-state index in [2.05, 4.69) is 37.7 Å². The van der Waals surface area contributed by atoms with Crippen LogP contribution in [-0.2, 0) is 0 Å². The van der Waals surface area contributed by atoms with Gasteiger partial charge in [0.25, 0.3) is 5.89 Å². The fourth-order valence-electron chi connectivity index (χ4n) is 2.90. The molecule has 2 aromatic carbocycles. The van der Waals surface area contributed by atoms with E-state index in [1.54, 1.807) is 17.5 Å². The van der Waals surface area contributed by atoms with Crippen LogP contribution in [0.5, 0.6) is 0 Å². The number of thiophene rings is 1. The summed E-state index contributed by atoms with van der Waals surface area (Å²) in [6, 6.07) is 17.7. The lowest BCUT2D eigenvalue weighted by molar-refractivity contribution is 0.582. The van der Waals surface area contributed by atoms with Crippen LogP contribution >= 0.6 is 11.3 Å². The Kier molecular flexibility index (Phi) is 3.65. The maximum Gasteiger partial charge on any atom is 0.270 e. The number of anilines is 1. The molecule has 3 heterocycles. The molecule has 7 heteroatoms. The Labute approximate surface area is 161 Å². The molecule has 6 nitrogen and oxygen atoms in total. The number of nitrogen functional groups attached to an aromatic ring is 1. The summed E-state index contributed by atoms with van der Waals surface area (Å²) in [5.41, 5.74) is 8.98. The molecule has 0 aliphatic heterocycles. The fraction of sp³-hybridized carbons (Fsp3) is 0. The predicted molar refractivity (Wildman–Crippen MR) is 110 cm³/mol. The minimum atomic E-state index is 0. The molecule has 5 aromatic rings. The van der Waals surface area contributed by atoms with Gasteiger partial charge in [0.1, 0.15) is 0 Å². The first-order valence-corrected chi connectivity index (χ1v) is 9.16. The number of nitrogens with zero attached hydrogens (tertiary/aromatic N) is 4. The molecule has 0 fully saturated rings. The molecule has 0 saturated heterocycles. The molecular weight excluding hydrogens is 358 g/mol. The number of aromatic nitrogens is 4. The van der Waals surface area contributed by atoms with Gasteiger partial charge in [-0.25, -0.2) is 9.97 Å². The Hall–Kier alpha value is -3.58. The smallest absolute Gasteiger partial charge is 0.270 e. The third-order valence-corrected chi connectivity index (χ3v) is 5.17. The number of benzene rings is 2. The van der Waals surface area contributed by atoms with Crippen molar-refractivity contribution in [1.29, 1.82) is 0 Å². The van der Waals surface area contributed by atoms with Gasteiger partial charge in [0.15, 0.2) is 11.5 Å². The average molecular weight is 375 g/mol. The Balaban J connectivity index is 0.00000120. The molecule has 0 radical (unpaired) electrons. The van der Waals surface area contributed by atoms with Crippen LogP contribution < -0.4 is 5.73 Å². The summed E-state index contributed by atoms with van der Waals surface area (Å²) in [5, 5.41) is 11.5. The lowest BCUT2D eigenvalue weighted by atomic mass is 10.1. The van der Waals surface area contributed by atoms with Gasteiger partial charge in [-0.2, -0.15) is 0 Å². The van der Waals surface area contributed by atoms with Gasteiger partial charge in [-0.15, -0.1) is 21.5 Å². The highest BCUT2D eigenvalue weighted by Crippen LogP contribution is 2.33. The largest absolute Gasteiger partial charge is 0.414 e. The molecule has 0 amide bonds. The third-order valence-electron chi connectivity index (χ3n) is 4.20. The maximum absolute atomic E-state index is 6.04. The monoisotopic (exact) mass is 375 g/mol. The lowest BCUT2D eigenvalue weighted by Gasteiger charge is -2.05. The summed E-state index contributed by atoms with van der Waals surface area (Å²) in [5.74, 6) is 0.914. The first-order valence-electron chi connectivity index (χ1n) is 8.28. The van der Waals surface area contributed by atoms with Crippen LogP contribution in [-0.4, -0.2) is 20.2 Å². The van der Waals surface area contributed by atoms with E-state index in [0.717, 1.165) is 15.8 Å². The molecule has 0 saturated carbocycles. The zero-order chi connectivity index (χ0) is 18.2. The molecule has 3 aromatic heterocycles. The van der Waals surface area contributed by atoms with Crippen molar-refractivity contribution in [3.63, 3.8) is 0 Å². The van der Waals surface area contributed by atoms with E-state index < -0.39 is 0 Å². The molecule has 0 aliphatic rings. The van der Waals surface area contributed by atoms with E-state index in [9.17, 15) is 0 Å². The number of rotatable bonds is 3. The van der Waals surface area contributed by atoms with E-state index in [-0.39, 0.29) is 14.6 Å². The summed E-state index contributed by atoms with van der Waals surface area (Å²) in [6.45, 7) is 0. The van der Waals surface area contributed by atoms with Gasteiger partial charge in [0.2, 0.25) is 5.89 Å². The van der Waals surface area contributed by atoms with E-state index in [1.165, 1.54) is 5.39 Å². The van der Waals surface area contributed by atoms with Gasteiger partial charge in [-0.1, -0.05) is 36.4 Å². The SMILES string of the molecule is Nc1ncc(-c2cccc3ccsc23)nc1-c1nnc(-c2ccccc2)o1.[HH].[HH]. The minimum absolute atomic E-state index is 0. The number of nitrogens with two attached hydrogens (primary N) is 1. The highest BCUT2D eigenvalue weighted by molar-refractivity contribution is 7.17. The molecule has 27 heavy (non-hydrogen) atoms. The first-order chi connectivity index (χ1) is 13.3. The van der Waals surface area contributed by atoms with Crippen molar-refractivity contribution in [3.05, 3.63) is 66.2 Å². The molecular formula is C20H17N5OS. The van der Waals surface area contributed by atoms with Crippen molar-refractivity contribution in [2.75, 3.05) is 5.73 Å². The normalized spacial score (nSPS) is 11.1. The Bertz CT molecular complexity index is 1260. The summed E-state index contributed by atoms with van der Waals surface area (Å²) in [4.78, 5) is 8.97. The quantitative estimate of drug-likeness (QED) is 0.469. The third kappa shape index (κ3) is 2.74. The molecule has 134 valence electrons. The van der Waals surface area contributed by atoms with Crippen LogP contribution in [0, 0.1) is 0 Å². The molecule has 2 N–H and O–H groups in total. The second-order valence-corrected chi connectivity index (χ2v) is 6.83. The van der Waals surface area contributed by atoms with Gasteiger partial charge in [0, 0.05) is 18.7 Å². The Morgan fingerprint density at radius 2 is 1.78 bits per heavy atom. The van der Waals surface area contributed by atoms with Gasteiger partial charge >= 0.3 is 0 Å². The maximum atomic E-state index is 6.04. The molecule has 0 spiro atoms. The number of fused-ring (bicyclic) bond motifs is 1. The first kappa shape index (κ1) is 15.7. The summed E-state index contributed by atoms with van der Waals surface area (Å²) < 4.78 is 6.95.